The Morgan fingerprint density at radius 1 is 1.26 bits per heavy atom. The summed E-state index contributed by atoms with van der Waals surface area (Å²) in [6, 6.07) is 0.930. The molecule has 1 fully saturated rings. The van der Waals surface area contributed by atoms with E-state index in [0.29, 0.717) is 17.8 Å². The van der Waals surface area contributed by atoms with Gasteiger partial charge in [0.25, 0.3) is 5.91 Å². The van der Waals surface area contributed by atoms with E-state index in [1.165, 1.54) is 18.2 Å². The van der Waals surface area contributed by atoms with Crippen molar-refractivity contribution in [3.05, 3.63) is 47.0 Å². The monoisotopic (exact) mass is 326 g/mol. The van der Waals surface area contributed by atoms with Crippen molar-refractivity contribution < 1.29 is 22.7 Å². The lowest BCUT2D eigenvalue weighted by Gasteiger charge is -2.16. The molecule has 2 heterocycles. The second-order valence-corrected chi connectivity index (χ2v) is 5.23. The molecule has 0 saturated carbocycles. The van der Waals surface area contributed by atoms with Gasteiger partial charge in [0, 0.05) is 26.3 Å². The number of likely N-dealkylation sites (tertiary alicyclic amines) is 1. The fourth-order valence-electron chi connectivity index (χ4n) is 2.71. The summed E-state index contributed by atoms with van der Waals surface area (Å²) in [6.07, 6.45) is 1.17. The largest absolute Gasteiger partial charge is 0.379 e. The van der Waals surface area contributed by atoms with E-state index in [-0.39, 0.29) is 25.1 Å². The Hall–Kier alpha value is -2.42. The van der Waals surface area contributed by atoms with Gasteiger partial charge in [-0.25, -0.2) is 13.2 Å². The molecule has 1 aromatic heterocycles. The third-order valence-electron chi connectivity index (χ3n) is 3.91. The van der Waals surface area contributed by atoms with Gasteiger partial charge in [-0.2, -0.15) is 15.4 Å². The van der Waals surface area contributed by atoms with Gasteiger partial charge < -0.3 is 9.64 Å². The van der Waals surface area contributed by atoms with Crippen molar-refractivity contribution in [2.75, 3.05) is 20.2 Å². The number of aromatic amines is 1. The Balaban J connectivity index is 1.85. The summed E-state index contributed by atoms with van der Waals surface area (Å²) >= 11 is 0. The highest BCUT2D eigenvalue weighted by atomic mass is 19.2. The predicted octanol–water partition coefficient (Wildman–Crippen LogP) is 1.48. The zero-order valence-corrected chi connectivity index (χ0v) is 12.1. The summed E-state index contributed by atoms with van der Waals surface area (Å²) in [7, 11) is 1.49. The number of halogens is 3. The topological polar surface area (TPSA) is 71.1 Å². The number of rotatable bonds is 3. The number of methoxy groups -OCH3 is 1. The highest BCUT2D eigenvalue weighted by Crippen LogP contribution is 2.29. The molecule has 1 aliphatic heterocycles. The number of hydrogen-bond donors (Lipinski definition) is 1. The van der Waals surface area contributed by atoms with E-state index >= 15 is 0 Å². The van der Waals surface area contributed by atoms with E-state index in [0.717, 1.165) is 0 Å². The molecule has 122 valence electrons. The highest BCUT2D eigenvalue weighted by Gasteiger charge is 2.38. The van der Waals surface area contributed by atoms with Crippen LogP contribution in [-0.4, -0.2) is 52.5 Å². The second kappa shape index (κ2) is 5.99. The average molecular weight is 326 g/mol. The van der Waals surface area contributed by atoms with Crippen LogP contribution in [0.2, 0.25) is 0 Å². The molecule has 0 bridgehead atoms. The van der Waals surface area contributed by atoms with Gasteiger partial charge >= 0.3 is 0 Å². The van der Waals surface area contributed by atoms with E-state index in [1.54, 1.807) is 0 Å². The van der Waals surface area contributed by atoms with Gasteiger partial charge in [0.05, 0.1) is 29.5 Å². The van der Waals surface area contributed by atoms with E-state index in [4.69, 9.17) is 4.74 Å². The van der Waals surface area contributed by atoms with Crippen molar-refractivity contribution in [3.63, 3.8) is 0 Å². The standard InChI is InChI=1S/C14H13F3N4O2/c1-23-13-6-21(5-8(13)12-4-18-20-19-12)14(22)7-2-10(16)11(17)3-9(7)15/h2-4,8,13H,5-6H2,1H3,(H,18,19,20)/t8-,13+/m0/s1. The molecule has 9 heteroatoms. The lowest BCUT2D eigenvalue weighted by Crippen LogP contribution is -2.30. The average Bonchev–Trinajstić information content (AvgIpc) is 3.18. The number of ether oxygens (including phenoxy) is 1. The Morgan fingerprint density at radius 3 is 2.65 bits per heavy atom. The van der Waals surface area contributed by atoms with Crippen LogP contribution in [0.1, 0.15) is 22.0 Å². The molecule has 0 aliphatic carbocycles. The highest BCUT2D eigenvalue weighted by molar-refractivity contribution is 5.94. The lowest BCUT2D eigenvalue weighted by molar-refractivity contribution is 0.0709. The molecule has 6 nitrogen and oxygen atoms in total. The van der Waals surface area contributed by atoms with Crippen LogP contribution in [0.15, 0.2) is 18.3 Å². The molecule has 1 N–H and O–H groups in total. The number of aromatic nitrogens is 3. The van der Waals surface area contributed by atoms with Crippen LogP contribution >= 0.6 is 0 Å². The number of benzene rings is 1. The molecular weight excluding hydrogens is 313 g/mol. The number of carbonyl (C=O) groups excluding carboxylic acids is 1. The van der Waals surface area contributed by atoms with Crippen LogP contribution in [0.3, 0.4) is 0 Å². The molecule has 1 amide bonds. The summed E-state index contributed by atoms with van der Waals surface area (Å²) in [4.78, 5) is 13.7. The van der Waals surface area contributed by atoms with Gasteiger partial charge in [-0.05, 0) is 6.07 Å². The normalized spacial score (nSPS) is 21.0. The zero-order valence-electron chi connectivity index (χ0n) is 12.1. The van der Waals surface area contributed by atoms with Crippen LogP contribution in [0.5, 0.6) is 0 Å². The van der Waals surface area contributed by atoms with Crippen LogP contribution in [-0.2, 0) is 4.74 Å². The van der Waals surface area contributed by atoms with E-state index in [9.17, 15) is 18.0 Å². The molecule has 23 heavy (non-hydrogen) atoms. The number of hydrogen-bond acceptors (Lipinski definition) is 4. The smallest absolute Gasteiger partial charge is 0.257 e. The molecular formula is C14H13F3N4O2. The van der Waals surface area contributed by atoms with Crippen molar-refractivity contribution >= 4 is 5.91 Å². The lowest BCUT2D eigenvalue weighted by atomic mass is 10.0. The number of nitrogens with one attached hydrogen (secondary N) is 1. The molecule has 1 aliphatic rings. The Bertz CT molecular complexity index is 723. The summed E-state index contributed by atoms with van der Waals surface area (Å²) in [5.41, 5.74) is 0.0949. The summed E-state index contributed by atoms with van der Waals surface area (Å²) in [5, 5.41) is 10.2. The third kappa shape index (κ3) is 2.79. The van der Waals surface area contributed by atoms with E-state index < -0.39 is 28.9 Å². The van der Waals surface area contributed by atoms with Crippen LogP contribution in [0.4, 0.5) is 13.2 Å². The molecule has 0 spiro atoms. The fourth-order valence-corrected chi connectivity index (χ4v) is 2.71. The quantitative estimate of drug-likeness (QED) is 0.867. The number of H-pyrrole nitrogens is 1. The predicted molar refractivity (Wildman–Crippen MR) is 72.1 cm³/mol. The fraction of sp³-hybridized carbons (Fsp3) is 0.357. The summed E-state index contributed by atoms with van der Waals surface area (Å²) < 4.78 is 45.4. The molecule has 1 aromatic carbocycles. The van der Waals surface area contributed by atoms with Gasteiger partial charge in [-0.3, -0.25) is 4.79 Å². The molecule has 2 atom stereocenters. The molecule has 0 unspecified atom stereocenters. The maximum Gasteiger partial charge on any atom is 0.257 e. The van der Waals surface area contributed by atoms with Gasteiger partial charge in [-0.1, -0.05) is 0 Å². The second-order valence-electron chi connectivity index (χ2n) is 5.23. The van der Waals surface area contributed by atoms with Crippen LogP contribution in [0, 0.1) is 17.5 Å². The maximum absolute atomic E-state index is 13.8. The van der Waals surface area contributed by atoms with Crippen LogP contribution in [0.25, 0.3) is 0 Å². The minimum atomic E-state index is -1.34. The Kier molecular flexibility index (Phi) is 4.03. The van der Waals surface area contributed by atoms with E-state index in [1.807, 2.05) is 0 Å². The van der Waals surface area contributed by atoms with Gasteiger partial charge in [0.1, 0.15) is 5.82 Å². The van der Waals surface area contributed by atoms with Crippen LogP contribution < -0.4 is 0 Å². The maximum atomic E-state index is 13.8. The first-order chi connectivity index (χ1) is 11.0. The van der Waals surface area contributed by atoms with Crippen molar-refractivity contribution in [1.82, 2.24) is 20.3 Å². The van der Waals surface area contributed by atoms with Gasteiger partial charge in [0.2, 0.25) is 0 Å². The van der Waals surface area contributed by atoms with Crippen molar-refractivity contribution in [3.8, 4) is 0 Å². The summed E-state index contributed by atoms with van der Waals surface area (Å²) in [5.74, 6) is -4.68. The number of carbonyl (C=O) groups is 1. The van der Waals surface area contributed by atoms with Crippen molar-refractivity contribution in [2.24, 2.45) is 0 Å². The van der Waals surface area contributed by atoms with Crippen molar-refractivity contribution in [1.29, 1.82) is 0 Å². The molecule has 1 saturated heterocycles. The minimum absolute atomic E-state index is 0.186. The Labute approximate surface area is 129 Å². The first-order valence-corrected chi connectivity index (χ1v) is 6.83. The first kappa shape index (κ1) is 15.5. The molecule has 0 radical (unpaired) electrons. The third-order valence-corrected chi connectivity index (χ3v) is 3.91. The van der Waals surface area contributed by atoms with Gasteiger partial charge in [-0.15, -0.1) is 0 Å². The Morgan fingerprint density at radius 2 is 2.00 bits per heavy atom. The number of nitrogens with zero attached hydrogens (tertiary/aromatic N) is 3. The van der Waals surface area contributed by atoms with E-state index in [2.05, 4.69) is 15.4 Å². The van der Waals surface area contributed by atoms with Gasteiger partial charge in [0.15, 0.2) is 11.6 Å². The SMILES string of the molecule is CO[C@@H]1CN(C(=O)c2cc(F)c(F)cc2F)C[C@H]1c1cn[nH]n1. The minimum Gasteiger partial charge on any atom is -0.379 e. The van der Waals surface area contributed by atoms with Crippen molar-refractivity contribution in [2.45, 2.75) is 12.0 Å². The zero-order chi connectivity index (χ0) is 16.6. The first-order valence-electron chi connectivity index (χ1n) is 6.83. The number of amides is 1. The molecule has 2 aromatic rings. The summed E-state index contributed by atoms with van der Waals surface area (Å²) in [6.45, 7) is 0.396. The molecule has 3 rings (SSSR count).